The standard InChI is InChI=1S/C11H8Br4O3/c1-3-5-6(11(17-3)18-4(2)16)8(13)10(15)9(14)7(5)12/h3,11H,1-2H3. The van der Waals surface area contributed by atoms with Crippen molar-refractivity contribution in [3.05, 3.63) is 29.0 Å². The summed E-state index contributed by atoms with van der Waals surface area (Å²) in [5, 5.41) is 0. The molecule has 0 amide bonds. The summed E-state index contributed by atoms with van der Waals surface area (Å²) in [5.41, 5.74) is 1.81. The van der Waals surface area contributed by atoms with Crippen molar-refractivity contribution in [3.63, 3.8) is 0 Å². The van der Waals surface area contributed by atoms with Crippen LogP contribution < -0.4 is 0 Å². The highest BCUT2D eigenvalue weighted by atomic mass is 79.9. The highest BCUT2D eigenvalue weighted by Crippen LogP contribution is 2.52. The maximum absolute atomic E-state index is 11.1. The molecule has 2 rings (SSSR count). The molecule has 0 radical (unpaired) electrons. The van der Waals surface area contributed by atoms with Crippen molar-refractivity contribution >= 4 is 69.7 Å². The summed E-state index contributed by atoms with van der Waals surface area (Å²) < 4.78 is 14.3. The Morgan fingerprint density at radius 3 is 2.06 bits per heavy atom. The van der Waals surface area contributed by atoms with E-state index in [0.29, 0.717) is 0 Å². The van der Waals surface area contributed by atoms with Gasteiger partial charge >= 0.3 is 5.97 Å². The van der Waals surface area contributed by atoms with Crippen LogP contribution in [-0.4, -0.2) is 5.97 Å². The molecular weight excluding hydrogens is 500 g/mol. The lowest BCUT2D eigenvalue weighted by Gasteiger charge is -2.14. The molecule has 3 nitrogen and oxygen atoms in total. The molecule has 0 fully saturated rings. The second-order valence-corrected chi connectivity index (χ2v) is 6.97. The van der Waals surface area contributed by atoms with E-state index < -0.39 is 6.29 Å². The van der Waals surface area contributed by atoms with Crippen molar-refractivity contribution in [2.45, 2.75) is 26.2 Å². The largest absolute Gasteiger partial charge is 0.431 e. The van der Waals surface area contributed by atoms with Crippen molar-refractivity contribution in [1.82, 2.24) is 0 Å². The monoisotopic (exact) mass is 504 g/mol. The number of hydrogen-bond acceptors (Lipinski definition) is 3. The summed E-state index contributed by atoms with van der Waals surface area (Å²) in [5.74, 6) is -0.373. The number of carbonyl (C=O) groups excluding carboxylic acids is 1. The minimum Gasteiger partial charge on any atom is -0.431 e. The Kier molecular flexibility index (Phi) is 4.59. The number of ether oxygens (including phenoxy) is 2. The van der Waals surface area contributed by atoms with Crippen LogP contribution >= 0.6 is 63.7 Å². The molecular formula is C11H8Br4O3. The van der Waals surface area contributed by atoms with E-state index in [-0.39, 0.29) is 12.1 Å². The predicted molar refractivity (Wildman–Crippen MR) is 81.2 cm³/mol. The number of halogens is 4. The Balaban J connectivity index is 2.63. The Bertz CT molecular complexity index is 530. The quantitative estimate of drug-likeness (QED) is 0.290. The van der Waals surface area contributed by atoms with Crippen molar-refractivity contribution in [3.8, 4) is 0 Å². The summed E-state index contributed by atoms with van der Waals surface area (Å²) >= 11 is 14.0. The van der Waals surface area contributed by atoms with Crippen molar-refractivity contribution in [2.75, 3.05) is 0 Å². The highest BCUT2D eigenvalue weighted by molar-refractivity contribution is 9.15. The molecule has 2 unspecified atom stereocenters. The lowest BCUT2D eigenvalue weighted by atomic mass is 10.1. The maximum atomic E-state index is 11.1. The first-order valence-corrected chi connectivity index (χ1v) is 8.20. The first-order chi connectivity index (χ1) is 8.34. The molecule has 1 aliphatic heterocycles. The SMILES string of the molecule is CC(=O)OC1OC(C)c2c(Br)c(Br)c(Br)c(Br)c21. The van der Waals surface area contributed by atoms with E-state index in [1.54, 1.807) is 0 Å². The average molecular weight is 508 g/mol. The summed E-state index contributed by atoms with van der Waals surface area (Å²) in [6.45, 7) is 3.28. The van der Waals surface area contributed by atoms with E-state index in [2.05, 4.69) is 63.7 Å². The summed E-state index contributed by atoms with van der Waals surface area (Å²) in [6.07, 6.45) is -0.831. The van der Waals surface area contributed by atoms with Crippen LogP contribution in [0.15, 0.2) is 17.9 Å². The van der Waals surface area contributed by atoms with Gasteiger partial charge in [-0.3, -0.25) is 4.79 Å². The van der Waals surface area contributed by atoms with Crippen LogP contribution in [0.25, 0.3) is 0 Å². The first kappa shape index (κ1) is 15.0. The number of carbonyl (C=O) groups is 1. The number of fused-ring (bicyclic) bond motifs is 1. The minimum absolute atomic E-state index is 0.153. The Hall–Kier alpha value is 0.570. The van der Waals surface area contributed by atoms with E-state index >= 15 is 0 Å². The zero-order valence-corrected chi connectivity index (χ0v) is 15.7. The molecule has 0 saturated heterocycles. The predicted octanol–water partition coefficient (Wildman–Crippen LogP) is 5.39. The molecule has 0 aliphatic carbocycles. The number of hydrogen-bond donors (Lipinski definition) is 0. The maximum Gasteiger partial charge on any atom is 0.305 e. The van der Waals surface area contributed by atoms with Crippen LogP contribution in [0.4, 0.5) is 0 Å². The van der Waals surface area contributed by atoms with Crippen LogP contribution in [0.1, 0.15) is 37.4 Å². The number of rotatable bonds is 1. The molecule has 7 heteroatoms. The lowest BCUT2D eigenvalue weighted by molar-refractivity contribution is -0.181. The van der Waals surface area contributed by atoms with Gasteiger partial charge in [-0.2, -0.15) is 0 Å². The first-order valence-electron chi connectivity index (χ1n) is 5.03. The summed E-state index contributed by atoms with van der Waals surface area (Å²) in [4.78, 5) is 11.1. The van der Waals surface area contributed by atoms with Gasteiger partial charge in [0.05, 0.1) is 6.10 Å². The van der Waals surface area contributed by atoms with Gasteiger partial charge in [-0.25, -0.2) is 0 Å². The molecule has 1 aromatic carbocycles. The molecule has 0 N–H and O–H groups in total. The molecule has 0 aromatic heterocycles. The molecule has 2 atom stereocenters. The van der Waals surface area contributed by atoms with Gasteiger partial charge in [-0.15, -0.1) is 0 Å². The zero-order valence-electron chi connectivity index (χ0n) is 9.39. The van der Waals surface area contributed by atoms with Crippen molar-refractivity contribution in [2.24, 2.45) is 0 Å². The minimum atomic E-state index is -0.678. The molecule has 1 heterocycles. The van der Waals surface area contributed by atoms with Gasteiger partial charge in [0.15, 0.2) is 0 Å². The van der Waals surface area contributed by atoms with Gasteiger partial charge < -0.3 is 9.47 Å². The Labute approximate surface area is 138 Å². The molecule has 0 saturated carbocycles. The topological polar surface area (TPSA) is 35.5 Å². The molecule has 1 aromatic rings. The summed E-state index contributed by atoms with van der Waals surface area (Å²) in [7, 11) is 0. The fourth-order valence-corrected chi connectivity index (χ4v) is 4.54. The van der Waals surface area contributed by atoms with Gasteiger partial charge in [-0.1, -0.05) is 0 Å². The number of esters is 1. The van der Waals surface area contributed by atoms with Crippen molar-refractivity contribution < 1.29 is 14.3 Å². The smallest absolute Gasteiger partial charge is 0.305 e. The normalized spacial score (nSPS) is 21.9. The van der Waals surface area contributed by atoms with Gasteiger partial charge in [0.25, 0.3) is 0 Å². The average Bonchev–Trinajstić information content (AvgIpc) is 2.59. The third-order valence-corrected chi connectivity index (χ3v) is 7.41. The van der Waals surface area contributed by atoms with Crippen LogP contribution in [0.2, 0.25) is 0 Å². The zero-order chi connectivity index (χ0) is 13.6. The Morgan fingerprint density at radius 1 is 1.06 bits per heavy atom. The van der Waals surface area contributed by atoms with Gasteiger partial charge in [0, 0.05) is 35.9 Å². The third-order valence-electron chi connectivity index (χ3n) is 2.58. The summed E-state index contributed by atoms with van der Waals surface area (Å²) in [6, 6.07) is 0. The molecule has 98 valence electrons. The highest BCUT2D eigenvalue weighted by Gasteiger charge is 2.37. The van der Waals surface area contributed by atoms with Gasteiger partial charge in [0.1, 0.15) is 0 Å². The fourth-order valence-electron chi connectivity index (χ4n) is 1.85. The second-order valence-electron chi connectivity index (χ2n) is 3.80. The van der Waals surface area contributed by atoms with Crippen LogP contribution in [0.3, 0.4) is 0 Å². The molecule has 1 aliphatic rings. The van der Waals surface area contributed by atoms with E-state index in [4.69, 9.17) is 9.47 Å². The second kappa shape index (κ2) is 5.52. The van der Waals surface area contributed by atoms with E-state index in [0.717, 1.165) is 29.0 Å². The molecule has 0 spiro atoms. The molecule has 0 bridgehead atoms. The van der Waals surface area contributed by atoms with Gasteiger partial charge in [-0.05, 0) is 70.6 Å². The van der Waals surface area contributed by atoms with Crippen LogP contribution in [0.5, 0.6) is 0 Å². The van der Waals surface area contributed by atoms with E-state index in [1.165, 1.54) is 6.92 Å². The molecule has 18 heavy (non-hydrogen) atoms. The number of benzene rings is 1. The lowest BCUT2D eigenvalue weighted by Crippen LogP contribution is -2.08. The third kappa shape index (κ3) is 2.44. The van der Waals surface area contributed by atoms with E-state index in [1.807, 2.05) is 6.92 Å². The fraction of sp³-hybridized carbons (Fsp3) is 0.364. The van der Waals surface area contributed by atoms with Crippen LogP contribution in [-0.2, 0) is 14.3 Å². The Morgan fingerprint density at radius 2 is 1.56 bits per heavy atom. The van der Waals surface area contributed by atoms with E-state index in [9.17, 15) is 4.79 Å². The van der Waals surface area contributed by atoms with Crippen LogP contribution in [0, 0.1) is 0 Å². The van der Waals surface area contributed by atoms with Gasteiger partial charge in [0.2, 0.25) is 6.29 Å². The van der Waals surface area contributed by atoms with Crippen molar-refractivity contribution in [1.29, 1.82) is 0 Å².